The highest BCUT2D eigenvalue weighted by molar-refractivity contribution is 7.80. The van der Waals surface area contributed by atoms with E-state index >= 15 is 0 Å². The van der Waals surface area contributed by atoms with Crippen molar-refractivity contribution in [2.45, 2.75) is 20.8 Å². The van der Waals surface area contributed by atoms with E-state index in [2.05, 4.69) is 24.5 Å². The predicted octanol–water partition coefficient (Wildman–Crippen LogP) is 6.24. The second-order valence-corrected chi connectivity index (χ2v) is 9.42. The minimum Gasteiger partial charge on any atom is -0.493 e. The number of benzene rings is 3. The van der Waals surface area contributed by atoms with Crippen molar-refractivity contribution < 1.29 is 19.1 Å². The first-order valence-corrected chi connectivity index (χ1v) is 12.8. The molecule has 3 aromatic carbocycles. The molecule has 0 fully saturated rings. The molecule has 0 saturated heterocycles. The molecule has 0 atom stereocenters. The number of aromatic nitrogens is 1. The van der Waals surface area contributed by atoms with Crippen molar-refractivity contribution in [3.8, 4) is 17.0 Å². The van der Waals surface area contributed by atoms with Gasteiger partial charge in [-0.05, 0) is 67.5 Å². The normalized spacial score (nSPS) is 10.7. The van der Waals surface area contributed by atoms with Crippen LogP contribution >= 0.6 is 12.2 Å². The van der Waals surface area contributed by atoms with E-state index in [4.69, 9.17) is 26.7 Å². The lowest BCUT2D eigenvalue weighted by Crippen LogP contribution is -2.34. The van der Waals surface area contributed by atoms with Crippen molar-refractivity contribution in [3.05, 3.63) is 90.0 Å². The number of carbonyl (C=O) groups is 2. The fraction of sp³-hybridized carbons (Fsp3) is 0.200. The number of anilines is 1. The number of esters is 1. The summed E-state index contributed by atoms with van der Waals surface area (Å²) in [7, 11) is 0. The number of nitrogens with zero attached hydrogens (tertiary/aromatic N) is 1. The van der Waals surface area contributed by atoms with Gasteiger partial charge in [-0.25, -0.2) is 9.78 Å². The molecule has 7 nitrogen and oxygen atoms in total. The van der Waals surface area contributed by atoms with Crippen LogP contribution in [0.1, 0.15) is 41.5 Å². The molecule has 38 heavy (non-hydrogen) atoms. The number of carbonyl (C=O) groups excluding carboxylic acids is 2. The fourth-order valence-electron chi connectivity index (χ4n) is 3.79. The summed E-state index contributed by atoms with van der Waals surface area (Å²) in [6.45, 7) is 6.82. The first-order valence-electron chi connectivity index (χ1n) is 12.4. The first-order chi connectivity index (χ1) is 18.3. The summed E-state index contributed by atoms with van der Waals surface area (Å²) in [4.78, 5) is 30.2. The maximum Gasteiger partial charge on any atom is 0.338 e. The van der Waals surface area contributed by atoms with Crippen LogP contribution in [-0.4, -0.2) is 35.2 Å². The molecule has 0 aliphatic heterocycles. The highest BCUT2D eigenvalue weighted by Crippen LogP contribution is 2.27. The lowest BCUT2D eigenvalue weighted by atomic mass is 10.0. The van der Waals surface area contributed by atoms with Crippen LogP contribution in [0.5, 0.6) is 5.75 Å². The van der Waals surface area contributed by atoms with E-state index in [-0.39, 0.29) is 17.6 Å². The van der Waals surface area contributed by atoms with Gasteiger partial charge in [-0.1, -0.05) is 50.2 Å². The van der Waals surface area contributed by atoms with Gasteiger partial charge in [0.25, 0.3) is 5.91 Å². The number of hydrogen-bond acceptors (Lipinski definition) is 6. The van der Waals surface area contributed by atoms with Gasteiger partial charge >= 0.3 is 5.97 Å². The zero-order valence-electron chi connectivity index (χ0n) is 21.5. The van der Waals surface area contributed by atoms with Crippen LogP contribution in [0.3, 0.4) is 0 Å². The van der Waals surface area contributed by atoms with Gasteiger partial charge in [0, 0.05) is 16.6 Å². The number of rotatable bonds is 8. The van der Waals surface area contributed by atoms with Crippen LogP contribution in [-0.2, 0) is 4.74 Å². The maximum atomic E-state index is 13.4. The summed E-state index contributed by atoms with van der Waals surface area (Å²) >= 11 is 5.40. The van der Waals surface area contributed by atoms with Crippen molar-refractivity contribution in [2.75, 3.05) is 18.5 Å². The summed E-state index contributed by atoms with van der Waals surface area (Å²) < 4.78 is 10.9. The maximum absolute atomic E-state index is 13.4. The standard InChI is InChI=1S/C30H29N3O4S/c1-4-36-29(35)21-10-7-11-22(15-21)31-30(38)33-28(34)25-17-27(32-26-14-6-5-13-24(25)26)20-9-8-12-23(16-20)37-18-19(2)3/h5-17,19H,4,18H2,1-3H3,(H2,31,33,34,38). The molecule has 1 amide bonds. The summed E-state index contributed by atoms with van der Waals surface area (Å²) in [5, 5.41) is 6.51. The van der Waals surface area contributed by atoms with Gasteiger partial charge in [-0.2, -0.15) is 0 Å². The molecule has 0 saturated carbocycles. The Morgan fingerprint density at radius 3 is 2.55 bits per heavy atom. The van der Waals surface area contributed by atoms with E-state index in [1.807, 2.05) is 48.5 Å². The third-order valence-corrected chi connectivity index (χ3v) is 5.74. The first kappa shape index (κ1) is 26.8. The highest BCUT2D eigenvalue weighted by Gasteiger charge is 2.16. The zero-order chi connectivity index (χ0) is 27.1. The quantitative estimate of drug-likeness (QED) is 0.207. The number of fused-ring (bicyclic) bond motifs is 1. The number of ether oxygens (including phenoxy) is 2. The van der Waals surface area contributed by atoms with E-state index in [0.717, 1.165) is 11.3 Å². The number of para-hydroxylation sites is 1. The minimum atomic E-state index is -0.430. The van der Waals surface area contributed by atoms with Gasteiger partial charge in [0.1, 0.15) is 5.75 Å². The van der Waals surface area contributed by atoms with Crippen LogP contribution in [0.4, 0.5) is 5.69 Å². The Balaban J connectivity index is 1.58. The second kappa shape index (κ2) is 12.3. The summed E-state index contributed by atoms with van der Waals surface area (Å²) in [5.41, 5.74) is 3.54. The zero-order valence-corrected chi connectivity index (χ0v) is 22.3. The number of amides is 1. The van der Waals surface area contributed by atoms with Gasteiger partial charge in [0.15, 0.2) is 5.11 Å². The summed E-state index contributed by atoms with van der Waals surface area (Å²) in [5.74, 6) is 0.335. The average Bonchev–Trinajstić information content (AvgIpc) is 2.91. The lowest BCUT2D eigenvalue weighted by molar-refractivity contribution is 0.0526. The number of nitrogens with one attached hydrogen (secondary N) is 2. The van der Waals surface area contributed by atoms with Gasteiger partial charge in [0.2, 0.25) is 0 Å². The molecule has 0 unspecified atom stereocenters. The van der Waals surface area contributed by atoms with Crippen molar-refractivity contribution in [3.63, 3.8) is 0 Å². The lowest BCUT2D eigenvalue weighted by Gasteiger charge is -2.13. The second-order valence-electron chi connectivity index (χ2n) is 9.01. The van der Waals surface area contributed by atoms with E-state index < -0.39 is 5.97 Å². The molecule has 0 bridgehead atoms. The molecule has 2 N–H and O–H groups in total. The van der Waals surface area contributed by atoms with E-state index in [9.17, 15) is 9.59 Å². The van der Waals surface area contributed by atoms with Crippen LogP contribution in [0, 0.1) is 5.92 Å². The Morgan fingerprint density at radius 1 is 0.974 bits per heavy atom. The van der Waals surface area contributed by atoms with Gasteiger partial charge in [0.05, 0.1) is 35.6 Å². The Morgan fingerprint density at radius 2 is 1.76 bits per heavy atom. The molecular formula is C30H29N3O4S. The van der Waals surface area contributed by atoms with Gasteiger partial charge in [-0.3, -0.25) is 10.1 Å². The van der Waals surface area contributed by atoms with Crippen LogP contribution in [0.25, 0.3) is 22.2 Å². The van der Waals surface area contributed by atoms with E-state index in [1.165, 1.54) is 0 Å². The third kappa shape index (κ3) is 6.72. The average molecular weight is 528 g/mol. The molecule has 194 valence electrons. The fourth-order valence-corrected chi connectivity index (χ4v) is 4.00. The Bertz CT molecular complexity index is 1490. The minimum absolute atomic E-state index is 0.0996. The monoisotopic (exact) mass is 527 g/mol. The molecule has 1 heterocycles. The Labute approximate surface area is 227 Å². The van der Waals surface area contributed by atoms with Crippen LogP contribution < -0.4 is 15.4 Å². The van der Waals surface area contributed by atoms with Gasteiger partial charge < -0.3 is 14.8 Å². The van der Waals surface area contributed by atoms with Crippen molar-refractivity contribution in [1.82, 2.24) is 10.3 Å². The smallest absolute Gasteiger partial charge is 0.338 e. The van der Waals surface area contributed by atoms with Crippen LogP contribution in [0.2, 0.25) is 0 Å². The molecule has 0 aliphatic rings. The molecule has 1 aromatic heterocycles. The molecule has 4 rings (SSSR count). The molecule has 0 radical (unpaired) electrons. The SMILES string of the molecule is CCOC(=O)c1cccc(NC(=S)NC(=O)c2cc(-c3cccc(OCC(C)C)c3)nc3ccccc23)c1. The van der Waals surface area contributed by atoms with E-state index in [0.29, 0.717) is 45.9 Å². The molecule has 0 aliphatic carbocycles. The molecular weight excluding hydrogens is 498 g/mol. The summed E-state index contributed by atoms with van der Waals surface area (Å²) in [6, 6.07) is 23.6. The predicted molar refractivity (Wildman–Crippen MR) is 154 cm³/mol. The van der Waals surface area contributed by atoms with Crippen LogP contribution in [0.15, 0.2) is 78.9 Å². The molecule has 4 aromatic rings. The largest absolute Gasteiger partial charge is 0.493 e. The number of hydrogen-bond donors (Lipinski definition) is 2. The topological polar surface area (TPSA) is 89.6 Å². The number of thiocarbonyl (C=S) groups is 1. The van der Waals surface area contributed by atoms with Crippen molar-refractivity contribution in [2.24, 2.45) is 5.92 Å². The molecule has 0 spiro atoms. The van der Waals surface area contributed by atoms with E-state index in [1.54, 1.807) is 37.3 Å². The molecule has 8 heteroatoms. The Hall–Kier alpha value is -4.30. The third-order valence-electron chi connectivity index (χ3n) is 5.53. The van der Waals surface area contributed by atoms with Gasteiger partial charge in [-0.15, -0.1) is 0 Å². The highest BCUT2D eigenvalue weighted by atomic mass is 32.1. The van der Waals surface area contributed by atoms with Crippen molar-refractivity contribution >= 4 is 45.8 Å². The van der Waals surface area contributed by atoms with Crippen molar-refractivity contribution in [1.29, 1.82) is 0 Å². The Kier molecular flexibility index (Phi) is 8.66. The summed E-state index contributed by atoms with van der Waals surface area (Å²) in [6.07, 6.45) is 0. The number of pyridine rings is 1.